The van der Waals surface area contributed by atoms with Crippen molar-refractivity contribution < 1.29 is 19.1 Å². The zero-order chi connectivity index (χ0) is 19.5. The first-order valence-corrected chi connectivity index (χ1v) is 8.81. The lowest BCUT2D eigenvalue weighted by Gasteiger charge is -2.38. The van der Waals surface area contributed by atoms with Crippen LogP contribution in [0.5, 0.6) is 5.75 Å². The SMILES string of the molecule is CC1=CC(C)(C)N2C(=O)C(=O)c3cc(OC(=O)c4ccc(Cl)cc4)cc1c32. The Bertz CT molecular complexity index is 1050. The van der Waals surface area contributed by atoms with Crippen molar-refractivity contribution >= 4 is 40.5 Å². The summed E-state index contributed by atoms with van der Waals surface area (Å²) in [5.74, 6) is -1.50. The Balaban J connectivity index is 1.78. The van der Waals surface area contributed by atoms with E-state index in [2.05, 4.69) is 0 Å². The van der Waals surface area contributed by atoms with Crippen molar-refractivity contribution in [3.05, 3.63) is 64.2 Å². The zero-order valence-corrected chi connectivity index (χ0v) is 15.8. The first-order chi connectivity index (χ1) is 12.7. The molecule has 1 amide bonds. The van der Waals surface area contributed by atoms with Gasteiger partial charge in [0.2, 0.25) is 0 Å². The molecule has 6 heteroatoms. The van der Waals surface area contributed by atoms with E-state index in [0.29, 0.717) is 21.8 Å². The molecule has 27 heavy (non-hydrogen) atoms. The predicted molar refractivity (Wildman–Crippen MR) is 102 cm³/mol. The van der Waals surface area contributed by atoms with Crippen LogP contribution in [0.25, 0.3) is 5.57 Å². The van der Waals surface area contributed by atoms with E-state index in [1.807, 2.05) is 26.8 Å². The van der Waals surface area contributed by atoms with Crippen LogP contribution >= 0.6 is 11.6 Å². The molecule has 0 atom stereocenters. The highest BCUT2D eigenvalue weighted by molar-refractivity contribution is 6.53. The number of allylic oxidation sites excluding steroid dienone is 1. The molecule has 2 aliphatic heterocycles. The second-order valence-corrected chi connectivity index (χ2v) is 7.65. The molecule has 2 aromatic carbocycles. The summed E-state index contributed by atoms with van der Waals surface area (Å²) in [5.41, 5.74) is 2.21. The van der Waals surface area contributed by atoms with Crippen LogP contribution in [-0.2, 0) is 4.79 Å². The number of Topliss-reactive ketones (excluding diaryl/α,β-unsaturated/α-hetero) is 1. The molecule has 0 radical (unpaired) electrons. The minimum absolute atomic E-state index is 0.221. The van der Waals surface area contributed by atoms with Gasteiger partial charge >= 0.3 is 5.97 Å². The number of nitrogens with zero attached hydrogens (tertiary/aromatic N) is 1. The molecule has 0 spiro atoms. The highest BCUT2D eigenvalue weighted by atomic mass is 35.5. The number of hydrogen-bond donors (Lipinski definition) is 0. The second-order valence-electron chi connectivity index (χ2n) is 7.21. The number of rotatable bonds is 2. The summed E-state index contributed by atoms with van der Waals surface area (Å²) < 4.78 is 5.46. The fourth-order valence-corrected chi connectivity index (χ4v) is 3.80. The molecular formula is C21H16ClNO4. The van der Waals surface area contributed by atoms with E-state index in [1.54, 1.807) is 30.3 Å². The van der Waals surface area contributed by atoms with E-state index >= 15 is 0 Å². The number of benzene rings is 2. The Morgan fingerprint density at radius 1 is 1.07 bits per heavy atom. The van der Waals surface area contributed by atoms with E-state index in [4.69, 9.17) is 16.3 Å². The zero-order valence-electron chi connectivity index (χ0n) is 15.0. The van der Waals surface area contributed by atoms with E-state index in [1.165, 1.54) is 11.0 Å². The molecule has 2 aromatic rings. The molecule has 4 rings (SSSR count). The average Bonchev–Trinajstić information content (AvgIpc) is 2.86. The fraction of sp³-hybridized carbons (Fsp3) is 0.190. The monoisotopic (exact) mass is 381 g/mol. The van der Waals surface area contributed by atoms with Gasteiger partial charge in [0.05, 0.1) is 22.4 Å². The molecular weight excluding hydrogens is 366 g/mol. The van der Waals surface area contributed by atoms with Crippen LogP contribution in [0.4, 0.5) is 5.69 Å². The number of anilines is 1. The van der Waals surface area contributed by atoms with Crippen LogP contribution in [0.3, 0.4) is 0 Å². The van der Waals surface area contributed by atoms with Crippen LogP contribution in [0.2, 0.25) is 5.02 Å². The number of carbonyl (C=O) groups excluding carboxylic acids is 3. The third kappa shape index (κ3) is 2.66. The van der Waals surface area contributed by atoms with Crippen LogP contribution in [-0.4, -0.2) is 23.2 Å². The fourth-order valence-electron chi connectivity index (χ4n) is 3.67. The standard InChI is InChI=1S/C21H16ClNO4/c1-11-10-21(2,3)23-17-15(11)8-14(9-16(17)18(24)19(23)25)27-20(26)12-4-6-13(22)7-5-12/h4-10H,1-3H3. The number of ketones is 1. The van der Waals surface area contributed by atoms with Gasteiger partial charge in [0.15, 0.2) is 0 Å². The number of carbonyl (C=O) groups is 3. The maximum Gasteiger partial charge on any atom is 0.343 e. The Hall–Kier alpha value is -2.92. The Kier molecular flexibility index (Phi) is 3.75. The van der Waals surface area contributed by atoms with Crippen LogP contribution < -0.4 is 9.64 Å². The molecule has 0 fully saturated rings. The van der Waals surface area contributed by atoms with E-state index in [0.717, 1.165) is 5.57 Å². The van der Waals surface area contributed by atoms with Gasteiger partial charge in [-0.1, -0.05) is 17.7 Å². The van der Waals surface area contributed by atoms with Crippen molar-refractivity contribution in [3.63, 3.8) is 0 Å². The summed E-state index contributed by atoms with van der Waals surface area (Å²) in [6, 6.07) is 9.46. The van der Waals surface area contributed by atoms with Crippen molar-refractivity contribution in [3.8, 4) is 5.75 Å². The Labute approximate surface area is 161 Å². The third-order valence-electron chi connectivity index (χ3n) is 4.81. The lowest BCUT2D eigenvalue weighted by Crippen LogP contribution is -2.47. The second kappa shape index (κ2) is 5.79. The molecule has 0 N–H and O–H groups in total. The number of ether oxygens (including phenoxy) is 1. The summed E-state index contributed by atoms with van der Waals surface area (Å²) in [6.07, 6.45) is 1.93. The van der Waals surface area contributed by atoms with Gasteiger partial charge in [-0.05, 0) is 62.7 Å². The van der Waals surface area contributed by atoms with Crippen molar-refractivity contribution in [2.45, 2.75) is 26.3 Å². The molecule has 0 unspecified atom stereocenters. The molecule has 0 bridgehead atoms. The van der Waals surface area contributed by atoms with Crippen molar-refractivity contribution in [2.24, 2.45) is 0 Å². The van der Waals surface area contributed by atoms with Crippen LogP contribution in [0.15, 0.2) is 42.5 Å². The molecule has 5 nitrogen and oxygen atoms in total. The van der Waals surface area contributed by atoms with Gasteiger partial charge in [0, 0.05) is 10.6 Å². The highest BCUT2D eigenvalue weighted by Gasteiger charge is 2.47. The van der Waals surface area contributed by atoms with Crippen molar-refractivity contribution in [2.75, 3.05) is 4.90 Å². The van der Waals surface area contributed by atoms with Crippen molar-refractivity contribution in [1.29, 1.82) is 0 Å². The number of halogens is 1. The van der Waals surface area contributed by atoms with E-state index < -0.39 is 23.2 Å². The summed E-state index contributed by atoms with van der Waals surface area (Å²) >= 11 is 5.84. The lowest BCUT2D eigenvalue weighted by molar-refractivity contribution is -0.115. The number of hydrogen-bond acceptors (Lipinski definition) is 4. The lowest BCUT2D eigenvalue weighted by atomic mass is 9.89. The summed E-state index contributed by atoms with van der Waals surface area (Å²) in [6.45, 7) is 5.68. The van der Waals surface area contributed by atoms with E-state index in [9.17, 15) is 14.4 Å². The van der Waals surface area contributed by atoms with Crippen molar-refractivity contribution in [1.82, 2.24) is 0 Å². The first-order valence-electron chi connectivity index (χ1n) is 8.43. The average molecular weight is 382 g/mol. The largest absolute Gasteiger partial charge is 0.423 e. The maximum absolute atomic E-state index is 12.5. The predicted octanol–water partition coefficient (Wildman–Crippen LogP) is 4.28. The molecule has 0 saturated carbocycles. The minimum atomic E-state index is -0.601. The minimum Gasteiger partial charge on any atom is -0.423 e. The Morgan fingerprint density at radius 2 is 1.70 bits per heavy atom. The number of amides is 1. The van der Waals surface area contributed by atoms with Gasteiger partial charge in [-0.15, -0.1) is 0 Å². The third-order valence-corrected chi connectivity index (χ3v) is 5.06. The maximum atomic E-state index is 12.5. The van der Waals surface area contributed by atoms with Gasteiger partial charge in [-0.3, -0.25) is 14.5 Å². The molecule has 0 saturated heterocycles. The number of esters is 1. The Morgan fingerprint density at radius 3 is 2.37 bits per heavy atom. The van der Waals surface area contributed by atoms with E-state index in [-0.39, 0.29) is 11.3 Å². The van der Waals surface area contributed by atoms with Crippen LogP contribution in [0, 0.1) is 0 Å². The van der Waals surface area contributed by atoms with Gasteiger partial charge in [0.25, 0.3) is 11.7 Å². The van der Waals surface area contributed by atoms with Gasteiger partial charge in [-0.25, -0.2) is 4.79 Å². The molecule has 0 aromatic heterocycles. The topological polar surface area (TPSA) is 63.7 Å². The summed E-state index contributed by atoms with van der Waals surface area (Å²) in [4.78, 5) is 38.9. The quantitative estimate of drug-likeness (QED) is 0.442. The normalized spacial score (nSPS) is 16.9. The summed E-state index contributed by atoms with van der Waals surface area (Å²) in [7, 11) is 0. The molecule has 2 aliphatic rings. The smallest absolute Gasteiger partial charge is 0.343 e. The molecule has 2 heterocycles. The summed E-state index contributed by atoms with van der Waals surface area (Å²) in [5, 5.41) is 0.515. The molecule has 136 valence electrons. The highest BCUT2D eigenvalue weighted by Crippen LogP contribution is 2.46. The van der Waals surface area contributed by atoms with Gasteiger partial charge < -0.3 is 4.74 Å². The van der Waals surface area contributed by atoms with Gasteiger partial charge in [-0.2, -0.15) is 0 Å². The molecule has 0 aliphatic carbocycles. The first kappa shape index (κ1) is 17.5. The van der Waals surface area contributed by atoms with Crippen LogP contribution in [0.1, 0.15) is 47.1 Å². The van der Waals surface area contributed by atoms with Gasteiger partial charge in [0.1, 0.15) is 5.75 Å².